The number of hydrogen-bond donors (Lipinski definition) is 0. The molecule has 3 heteroatoms. The Bertz CT molecular complexity index is 51.0. The van der Waals surface area contributed by atoms with E-state index in [2.05, 4.69) is 26.5 Å². The molecule has 0 aromatic heterocycles. The minimum Gasteiger partial charge on any atom is -0.332 e. The van der Waals surface area contributed by atoms with Crippen LogP contribution in [-0.2, 0) is 10.8 Å². The molecule has 9 heavy (non-hydrogen) atoms. The van der Waals surface area contributed by atoms with Crippen molar-refractivity contribution in [1.29, 1.82) is 0 Å². The van der Waals surface area contributed by atoms with E-state index in [4.69, 9.17) is 0 Å². The summed E-state index contributed by atoms with van der Waals surface area (Å²) in [5.41, 5.74) is 0. The van der Waals surface area contributed by atoms with Gasteiger partial charge in [0.1, 0.15) is 0 Å². The van der Waals surface area contributed by atoms with Gasteiger partial charge in [-0.25, -0.2) is 0 Å². The molecule has 0 N–H and O–H groups in total. The average molecular weight is 159 g/mol. The van der Waals surface area contributed by atoms with E-state index >= 15 is 0 Å². The third kappa shape index (κ3) is 116. The second-order valence-corrected chi connectivity index (χ2v) is 2.54. The van der Waals surface area contributed by atoms with Crippen LogP contribution in [0.3, 0.4) is 0 Å². The van der Waals surface area contributed by atoms with Crippen molar-refractivity contribution in [3.63, 3.8) is 0 Å². The monoisotopic (exact) mass is 158 g/mol. The van der Waals surface area contributed by atoms with E-state index in [0.717, 1.165) is 0 Å². The zero-order valence-corrected chi connectivity index (χ0v) is 8.75. The molecule has 52 valence electrons. The smallest absolute Gasteiger partial charge is 0.332 e. The van der Waals surface area contributed by atoms with Gasteiger partial charge in [-0.3, -0.25) is 10.5 Å². The van der Waals surface area contributed by atoms with E-state index in [9.17, 15) is 4.21 Å². The van der Waals surface area contributed by atoms with Gasteiger partial charge in [-0.15, -0.1) is 10.8 Å². The molecule has 0 aliphatic heterocycles. The topological polar surface area (TPSA) is 17.1 Å². The Morgan fingerprint density at radius 1 is 1.67 bits per heavy atom. The summed E-state index contributed by atoms with van der Waals surface area (Å²) in [6, 6.07) is 0. The molecule has 0 aromatic rings. The van der Waals surface area contributed by atoms with E-state index in [1.807, 2.05) is 0 Å². The second kappa shape index (κ2) is 16.0. The molecule has 0 bridgehead atoms. The summed E-state index contributed by atoms with van der Waals surface area (Å²) in [4.78, 5) is 0. The third-order valence-electron chi connectivity index (χ3n) is 0.408. The Balaban J connectivity index is -0.0000000720. The summed E-state index contributed by atoms with van der Waals surface area (Å²) in [7, 11) is -0.861. The molecule has 0 radical (unpaired) electrons. The summed E-state index contributed by atoms with van der Waals surface area (Å²) in [6.45, 7) is 4.18. The van der Waals surface area contributed by atoms with Gasteiger partial charge in [0.05, 0.1) is 0 Å². The Hall–Kier alpha value is 0.916. The normalized spacial score (nSPS) is 10.2. The predicted molar refractivity (Wildman–Crippen MR) is 45.4 cm³/mol. The van der Waals surface area contributed by atoms with Gasteiger partial charge in [0.2, 0.25) is 0 Å². The third-order valence-corrected chi connectivity index (χ3v) is 0.408. The molecule has 0 heterocycles. The number of hydrogen-bond acceptors (Lipinski definition) is 1. The maximum atomic E-state index is 9.44. The SMILES string of the molecule is C[CH-]CC.[CH2-]S(C)=O.[Mg+2]. The van der Waals surface area contributed by atoms with Gasteiger partial charge in [-0.1, -0.05) is 6.92 Å². The van der Waals surface area contributed by atoms with Crippen molar-refractivity contribution in [3.05, 3.63) is 12.7 Å². The maximum absolute atomic E-state index is 9.44. The summed E-state index contributed by atoms with van der Waals surface area (Å²) >= 11 is 0. The van der Waals surface area contributed by atoms with Crippen molar-refractivity contribution >= 4 is 33.9 Å². The van der Waals surface area contributed by atoms with Crippen molar-refractivity contribution < 1.29 is 4.21 Å². The first-order chi connectivity index (χ1) is 3.65. The molecule has 0 saturated carbocycles. The number of rotatable bonds is 1. The first-order valence-electron chi connectivity index (χ1n) is 2.56. The molecule has 0 saturated heterocycles. The van der Waals surface area contributed by atoms with Gasteiger partial charge < -0.3 is 6.42 Å². The van der Waals surface area contributed by atoms with Crippen molar-refractivity contribution in [1.82, 2.24) is 0 Å². The second-order valence-electron chi connectivity index (χ2n) is 1.39. The summed E-state index contributed by atoms with van der Waals surface area (Å²) in [5.74, 6) is 0. The number of unbranched alkanes of at least 4 members (excludes halogenated alkanes) is 1. The molecule has 0 aliphatic carbocycles. The molecule has 1 nitrogen and oxygen atoms in total. The van der Waals surface area contributed by atoms with Crippen LogP contribution < -0.4 is 0 Å². The Labute approximate surface area is 77.2 Å². The molecular formula is C6H14MgOS. The fourth-order valence-corrected chi connectivity index (χ4v) is 0. The standard InChI is InChI=1S/C4H9.C2H5OS.Mg/c1-3-4-2;1-4(2)3;/h3H,4H2,1-2H3;1H2,2H3;/q2*-1;+2. The van der Waals surface area contributed by atoms with Crippen LogP contribution in [0, 0.1) is 12.7 Å². The van der Waals surface area contributed by atoms with Gasteiger partial charge in [-0.2, -0.15) is 13.3 Å². The van der Waals surface area contributed by atoms with Crippen LogP contribution >= 0.6 is 0 Å². The molecular weight excluding hydrogens is 144 g/mol. The Kier molecular flexibility index (Phi) is 29.2. The van der Waals surface area contributed by atoms with Gasteiger partial charge in [-0.05, 0) is 6.26 Å². The van der Waals surface area contributed by atoms with Crippen LogP contribution in [0.1, 0.15) is 20.3 Å². The zero-order valence-electron chi connectivity index (χ0n) is 6.52. The van der Waals surface area contributed by atoms with Gasteiger partial charge in [0, 0.05) is 0 Å². The van der Waals surface area contributed by atoms with E-state index in [-0.39, 0.29) is 23.1 Å². The van der Waals surface area contributed by atoms with Crippen molar-refractivity contribution in [2.75, 3.05) is 6.26 Å². The fourth-order valence-electron chi connectivity index (χ4n) is 0. The zero-order chi connectivity index (χ0) is 6.99. The maximum Gasteiger partial charge on any atom is 2.00 e. The summed E-state index contributed by atoms with van der Waals surface area (Å²) in [5, 5.41) is 0. The summed E-state index contributed by atoms with van der Waals surface area (Å²) in [6.07, 6.45) is 7.96. The van der Waals surface area contributed by atoms with Crippen LogP contribution in [0.25, 0.3) is 0 Å². The largest absolute Gasteiger partial charge is 2.00 e. The Morgan fingerprint density at radius 2 is 1.78 bits per heavy atom. The van der Waals surface area contributed by atoms with Gasteiger partial charge in [0.25, 0.3) is 0 Å². The van der Waals surface area contributed by atoms with Crippen LogP contribution in [0.4, 0.5) is 0 Å². The summed E-state index contributed by atoms with van der Waals surface area (Å²) < 4.78 is 9.44. The first kappa shape index (κ1) is 16.5. The van der Waals surface area contributed by atoms with Crippen LogP contribution in [-0.4, -0.2) is 33.5 Å². The average Bonchev–Trinajstić information content (AvgIpc) is 1.65. The fraction of sp³-hybridized carbons (Fsp3) is 0.667. The van der Waals surface area contributed by atoms with Gasteiger partial charge in [0.15, 0.2) is 0 Å². The minimum atomic E-state index is -0.861. The van der Waals surface area contributed by atoms with Crippen LogP contribution in [0.15, 0.2) is 0 Å². The quantitative estimate of drug-likeness (QED) is 0.417. The van der Waals surface area contributed by atoms with E-state index in [1.165, 1.54) is 12.7 Å². The molecule has 0 amide bonds. The molecule has 0 aliphatic rings. The van der Waals surface area contributed by atoms with Crippen molar-refractivity contribution in [2.24, 2.45) is 0 Å². The molecule has 1 unspecified atom stereocenters. The van der Waals surface area contributed by atoms with Crippen molar-refractivity contribution in [2.45, 2.75) is 20.3 Å². The molecule has 0 fully saturated rings. The molecule has 0 aromatic carbocycles. The van der Waals surface area contributed by atoms with E-state index < -0.39 is 10.8 Å². The van der Waals surface area contributed by atoms with Crippen LogP contribution in [0.2, 0.25) is 0 Å². The molecule has 0 spiro atoms. The van der Waals surface area contributed by atoms with Crippen molar-refractivity contribution in [3.8, 4) is 0 Å². The van der Waals surface area contributed by atoms with Gasteiger partial charge >= 0.3 is 23.1 Å². The minimum absolute atomic E-state index is 0. The first-order valence-corrected chi connectivity index (χ1v) is 4.28. The van der Waals surface area contributed by atoms with Crippen LogP contribution in [0.5, 0.6) is 0 Å². The van der Waals surface area contributed by atoms with E-state index in [1.54, 1.807) is 0 Å². The van der Waals surface area contributed by atoms with E-state index in [0.29, 0.717) is 0 Å². The predicted octanol–water partition coefficient (Wildman–Crippen LogP) is 1.40. The molecule has 1 atom stereocenters. The molecule has 0 rings (SSSR count). The Morgan fingerprint density at radius 3 is 1.78 bits per heavy atom.